The first-order chi connectivity index (χ1) is 11.4. The Morgan fingerprint density at radius 1 is 1.12 bits per heavy atom. The molecule has 3 rings (SSSR count). The minimum Gasteiger partial charge on any atom is -0.309 e. The van der Waals surface area contributed by atoms with Gasteiger partial charge in [-0.3, -0.25) is 0 Å². The number of nitrogens with one attached hydrogen (secondary N) is 2. The van der Waals surface area contributed by atoms with Crippen LogP contribution in [0.3, 0.4) is 0 Å². The summed E-state index contributed by atoms with van der Waals surface area (Å²) in [5, 5.41) is 3.52. The number of hydrogen-bond donors (Lipinski definition) is 2. The zero-order valence-electron chi connectivity index (χ0n) is 14.2. The fourth-order valence-electron chi connectivity index (χ4n) is 2.80. The van der Waals surface area contributed by atoms with Crippen LogP contribution in [0.25, 0.3) is 0 Å². The lowest BCUT2D eigenvalue weighted by atomic mass is 10.0. The largest absolute Gasteiger partial charge is 0.309 e. The van der Waals surface area contributed by atoms with E-state index in [2.05, 4.69) is 10.0 Å². The predicted molar refractivity (Wildman–Crippen MR) is 104 cm³/mol. The molecule has 0 radical (unpaired) electrons. The highest BCUT2D eigenvalue weighted by Crippen LogP contribution is 2.26. The SMILES string of the molecule is CC(C)c1ccc(Cl)c(S(=O)(=O)NCc2ccc3c(c2)CNC3)c1.Cl. The van der Waals surface area contributed by atoms with Crippen LogP contribution in [0.1, 0.15) is 42.0 Å². The van der Waals surface area contributed by atoms with Gasteiger partial charge in [0.05, 0.1) is 5.02 Å². The van der Waals surface area contributed by atoms with Crippen molar-refractivity contribution in [2.24, 2.45) is 0 Å². The van der Waals surface area contributed by atoms with Gasteiger partial charge in [0, 0.05) is 19.6 Å². The standard InChI is InChI=1S/C18H21ClN2O2S.ClH/c1-12(2)14-5-6-17(19)18(8-14)24(22,23)21-9-13-3-4-15-10-20-11-16(15)7-13;/h3-8,12,20-21H,9-11H2,1-2H3;1H. The first kappa shape index (κ1) is 20.2. The maximum absolute atomic E-state index is 12.6. The van der Waals surface area contributed by atoms with Crippen molar-refractivity contribution in [3.8, 4) is 0 Å². The van der Waals surface area contributed by atoms with E-state index in [0.29, 0.717) is 0 Å². The highest BCUT2D eigenvalue weighted by Gasteiger charge is 2.19. The van der Waals surface area contributed by atoms with E-state index in [1.165, 1.54) is 11.1 Å². The van der Waals surface area contributed by atoms with Crippen LogP contribution in [0, 0.1) is 0 Å². The highest BCUT2D eigenvalue weighted by molar-refractivity contribution is 7.89. The molecule has 0 saturated carbocycles. The third-order valence-electron chi connectivity index (χ3n) is 4.28. The van der Waals surface area contributed by atoms with Gasteiger partial charge in [-0.1, -0.05) is 49.7 Å². The zero-order chi connectivity index (χ0) is 17.3. The second-order valence-corrected chi connectivity index (χ2v) is 8.52. The number of fused-ring (bicyclic) bond motifs is 1. The van der Waals surface area contributed by atoms with Crippen molar-refractivity contribution in [1.29, 1.82) is 0 Å². The normalized spacial score (nSPS) is 13.6. The second-order valence-electron chi connectivity index (χ2n) is 6.38. The van der Waals surface area contributed by atoms with Crippen molar-refractivity contribution in [3.63, 3.8) is 0 Å². The van der Waals surface area contributed by atoms with Crippen LogP contribution >= 0.6 is 24.0 Å². The number of rotatable bonds is 5. The molecular weight excluding hydrogens is 379 g/mol. The van der Waals surface area contributed by atoms with Gasteiger partial charge in [-0.05, 0) is 40.3 Å². The van der Waals surface area contributed by atoms with E-state index >= 15 is 0 Å². The van der Waals surface area contributed by atoms with Gasteiger partial charge in [0.2, 0.25) is 10.0 Å². The maximum Gasteiger partial charge on any atom is 0.242 e. The van der Waals surface area contributed by atoms with E-state index in [-0.39, 0.29) is 34.8 Å². The average molecular weight is 401 g/mol. The first-order valence-electron chi connectivity index (χ1n) is 7.97. The van der Waals surface area contributed by atoms with Crippen molar-refractivity contribution in [1.82, 2.24) is 10.0 Å². The van der Waals surface area contributed by atoms with Gasteiger partial charge in [-0.25, -0.2) is 13.1 Å². The van der Waals surface area contributed by atoms with Gasteiger partial charge in [0.1, 0.15) is 4.90 Å². The van der Waals surface area contributed by atoms with Gasteiger partial charge in [-0.15, -0.1) is 12.4 Å². The summed E-state index contributed by atoms with van der Waals surface area (Å²) in [4.78, 5) is 0.137. The molecule has 0 aliphatic carbocycles. The number of halogens is 2. The Bertz CT molecular complexity index is 867. The molecule has 2 aromatic carbocycles. The lowest BCUT2D eigenvalue weighted by Crippen LogP contribution is -2.23. The molecule has 1 heterocycles. The van der Waals surface area contributed by atoms with E-state index < -0.39 is 10.0 Å². The van der Waals surface area contributed by atoms with Crippen molar-refractivity contribution in [3.05, 3.63) is 63.7 Å². The molecule has 0 spiro atoms. The lowest BCUT2D eigenvalue weighted by molar-refractivity contribution is 0.581. The van der Waals surface area contributed by atoms with Crippen LogP contribution in [-0.4, -0.2) is 8.42 Å². The Morgan fingerprint density at radius 3 is 2.56 bits per heavy atom. The van der Waals surface area contributed by atoms with Gasteiger partial charge < -0.3 is 5.32 Å². The zero-order valence-corrected chi connectivity index (χ0v) is 16.6. The number of sulfonamides is 1. The van der Waals surface area contributed by atoms with Crippen LogP contribution in [-0.2, 0) is 29.7 Å². The van der Waals surface area contributed by atoms with Crippen LogP contribution in [0.15, 0.2) is 41.3 Å². The Balaban J connectivity index is 0.00000225. The molecule has 0 fully saturated rings. The van der Waals surface area contributed by atoms with Gasteiger partial charge in [0.15, 0.2) is 0 Å². The molecule has 1 aliphatic heterocycles. The molecule has 1 aliphatic rings. The molecule has 136 valence electrons. The maximum atomic E-state index is 12.6. The molecule has 4 nitrogen and oxygen atoms in total. The Morgan fingerprint density at radius 2 is 1.84 bits per heavy atom. The predicted octanol–water partition coefficient (Wildman–Crippen LogP) is 3.97. The monoisotopic (exact) mass is 400 g/mol. The summed E-state index contributed by atoms with van der Waals surface area (Å²) in [5.74, 6) is 0.237. The topological polar surface area (TPSA) is 58.2 Å². The summed E-state index contributed by atoms with van der Waals surface area (Å²) < 4.78 is 27.9. The molecule has 2 N–H and O–H groups in total. The lowest BCUT2D eigenvalue weighted by Gasteiger charge is -2.12. The summed E-state index contributed by atoms with van der Waals surface area (Å²) >= 11 is 6.12. The summed E-state index contributed by atoms with van der Waals surface area (Å²) in [5.41, 5.74) is 4.39. The smallest absolute Gasteiger partial charge is 0.242 e. The van der Waals surface area contributed by atoms with E-state index in [0.717, 1.165) is 24.2 Å². The molecular formula is C18H22Cl2N2O2S. The van der Waals surface area contributed by atoms with Gasteiger partial charge in [-0.2, -0.15) is 0 Å². The molecule has 0 amide bonds. The minimum absolute atomic E-state index is 0. The summed E-state index contributed by atoms with van der Waals surface area (Å²) in [7, 11) is -3.66. The number of hydrogen-bond acceptors (Lipinski definition) is 3. The fourth-order valence-corrected chi connectivity index (χ4v) is 4.35. The van der Waals surface area contributed by atoms with Gasteiger partial charge in [0.25, 0.3) is 0 Å². The molecule has 0 unspecified atom stereocenters. The average Bonchev–Trinajstić information content (AvgIpc) is 3.00. The molecule has 0 aromatic heterocycles. The molecule has 0 saturated heterocycles. The first-order valence-corrected chi connectivity index (χ1v) is 9.83. The number of benzene rings is 2. The summed E-state index contributed by atoms with van der Waals surface area (Å²) in [6.07, 6.45) is 0. The van der Waals surface area contributed by atoms with Crippen LogP contribution < -0.4 is 10.0 Å². The molecule has 0 atom stereocenters. The van der Waals surface area contributed by atoms with Crippen molar-refractivity contribution in [2.45, 2.75) is 44.3 Å². The third-order valence-corrected chi connectivity index (χ3v) is 6.16. The van der Waals surface area contributed by atoms with Crippen molar-refractivity contribution in [2.75, 3.05) is 0 Å². The van der Waals surface area contributed by atoms with Crippen LogP contribution in [0.4, 0.5) is 0 Å². The summed E-state index contributed by atoms with van der Waals surface area (Å²) in [6.45, 7) is 5.99. The van der Waals surface area contributed by atoms with E-state index in [4.69, 9.17) is 11.6 Å². The molecule has 2 aromatic rings. The summed E-state index contributed by atoms with van der Waals surface area (Å²) in [6, 6.07) is 11.2. The quantitative estimate of drug-likeness (QED) is 0.797. The van der Waals surface area contributed by atoms with E-state index in [1.54, 1.807) is 12.1 Å². The Labute approximate surface area is 160 Å². The van der Waals surface area contributed by atoms with Crippen molar-refractivity contribution < 1.29 is 8.42 Å². The van der Waals surface area contributed by atoms with Crippen LogP contribution in [0.5, 0.6) is 0 Å². The molecule has 0 bridgehead atoms. The van der Waals surface area contributed by atoms with E-state index in [1.807, 2.05) is 38.1 Å². The minimum atomic E-state index is -3.66. The fraction of sp³-hybridized carbons (Fsp3) is 0.333. The van der Waals surface area contributed by atoms with Crippen molar-refractivity contribution >= 4 is 34.0 Å². The van der Waals surface area contributed by atoms with E-state index in [9.17, 15) is 8.42 Å². The third kappa shape index (κ3) is 4.54. The highest BCUT2D eigenvalue weighted by atomic mass is 35.5. The molecule has 7 heteroatoms. The van der Waals surface area contributed by atoms with Crippen LogP contribution in [0.2, 0.25) is 5.02 Å². The second kappa shape index (κ2) is 8.06. The molecule has 25 heavy (non-hydrogen) atoms. The Hall–Kier alpha value is -1.11. The van der Waals surface area contributed by atoms with Gasteiger partial charge >= 0.3 is 0 Å². The Kier molecular flexibility index (Phi) is 6.51.